The fraction of sp³-hybridized carbons (Fsp3) is 0.100. The highest BCUT2D eigenvalue weighted by molar-refractivity contribution is 5.87. The van der Waals surface area contributed by atoms with Crippen LogP contribution in [0.4, 0.5) is 0 Å². The number of carbonyl (C=O) groups is 2. The lowest BCUT2D eigenvalue weighted by atomic mass is 10.2. The fourth-order valence-corrected chi connectivity index (χ4v) is 1.59. The topological polar surface area (TPSA) is 52.6 Å². The van der Waals surface area contributed by atoms with E-state index < -0.39 is 0 Å². The summed E-state index contributed by atoms with van der Waals surface area (Å²) in [6, 6.07) is 19.2. The summed E-state index contributed by atoms with van der Waals surface area (Å²) in [7, 11) is 2.72. The minimum absolute atomic E-state index is 0.334. The number of ether oxygens (including phenoxy) is 2. The molecule has 0 radical (unpaired) electrons. The van der Waals surface area contributed by atoms with Crippen LogP contribution in [0.3, 0.4) is 0 Å². The van der Waals surface area contributed by atoms with E-state index in [-0.39, 0.29) is 11.9 Å². The second kappa shape index (κ2) is 11.4. The molecule has 0 atom stereocenters. The molecule has 2 rings (SSSR count). The van der Waals surface area contributed by atoms with Crippen LogP contribution in [-0.4, -0.2) is 26.2 Å². The summed E-state index contributed by atoms with van der Waals surface area (Å²) in [5, 5.41) is 0. The predicted molar refractivity (Wildman–Crippen MR) is 95.0 cm³/mol. The van der Waals surface area contributed by atoms with Gasteiger partial charge in [-0.1, -0.05) is 60.7 Å². The molecule has 0 unspecified atom stereocenters. The predicted octanol–water partition coefficient (Wildman–Crippen LogP) is 3.75. The third-order valence-electron chi connectivity index (χ3n) is 2.83. The van der Waals surface area contributed by atoms with Crippen LogP contribution in [0, 0.1) is 0 Å². The van der Waals surface area contributed by atoms with Crippen molar-refractivity contribution < 1.29 is 19.1 Å². The molecular weight excluding hydrogens is 304 g/mol. The van der Waals surface area contributed by atoms with Gasteiger partial charge in [0.15, 0.2) is 0 Å². The van der Waals surface area contributed by atoms with Gasteiger partial charge in [-0.3, -0.25) is 0 Å². The Morgan fingerprint density at radius 2 is 1.00 bits per heavy atom. The minimum atomic E-state index is -0.334. The van der Waals surface area contributed by atoms with Gasteiger partial charge in [-0.15, -0.1) is 0 Å². The molecule has 0 aromatic heterocycles. The van der Waals surface area contributed by atoms with Gasteiger partial charge in [-0.25, -0.2) is 9.59 Å². The van der Waals surface area contributed by atoms with Crippen molar-refractivity contribution >= 4 is 24.1 Å². The Hall–Kier alpha value is -3.14. The van der Waals surface area contributed by atoms with Gasteiger partial charge in [-0.2, -0.15) is 0 Å². The van der Waals surface area contributed by atoms with Gasteiger partial charge in [-0.05, 0) is 23.3 Å². The number of esters is 2. The first-order valence-corrected chi connectivity index (χ1v) is 7.28. The van der Waals surface area contributed by atoms with E-state index in [9.17, 15) is 9.59 Å². The van der Waals surface area contributed by atoms with Crippen LogP contribution in [-0.2, 0) is 19.1 Å². The van der Waals surface area contributed by atoms with Crippen LogP contribution in [0.1, 0.15) is 11.1 Å². The zero-order chi connectivity index (χ0) is 17.6. The molecule has 0 spiro atoms. The SMILES string of the molecule is COC(=O)/C=C/c1ccccc1.COC(=O)/C=C/c1ccccc1. The third kappa shape index (κ3) is 8.34. The van der Waals surface area contributed by atoms with Crippen molar-refractivity contribution in [3.05, 3.63) is 83.9 Å². The monoisotopic (exact) mass is 324 g/mol. The molecule has 0 N–H and O–H groups in total. The maximum atomic E-state index is 10.7. The van der Waals surface area contributed by atoms with E-state index in [1.54, 1.807) is 12.2 Å². The molecule has 4 nitrogen and oxygen atoms in total. The van der Waals surface area contributed by atoms with Crippen molar-refractivity contribution in [2.45, 2.75) is 0 Å². The van der Waals surface area contributed by atoms with Crippen molar-refractivity contribution in [3.63, 3.8) is 0 Å². The second-order valence-corrected chi connectivity index (χ2v) is 4.53. The molecule has 0 bridgehead atoms. The van der Waals surface area contributed by atoms with Crippen molar-refractivity contribution in [1.29, 1.82) is 0 Å². The summed E-state index contributed by atoms with van der Waals surface area (Å²) >= 11 is 0. The van der Waals surface area contributed by atoms with E-state index in [4.69, 9.17) is 0 Å². The first-order valence-electron chi connectivity index (χ1n) is 7.28. The molecule has 0 aliphatic carbocycles. The average molecular weight is 324 g/mol. The Kier molecular flexibility index (Phi) is 9.01. The molecule has 0 saturated carbocycles. The van der Waals surface area contributed by atoms with Crippen molar-refractivity contribution in [3.8, 4) is 0 Å². The highest BCUT2D eigenvalue weighted by Crippen LogP contribution is 2.01. The van der Waals surface area contributed by atoms with E-state index in [1.807, 2.05) is 60.7 Å². The van der Waals surface area contributed by atoms with Gasteiger partial charge >= 0.3 is 11.9 Å². The van der Waals surface area contributed by atoms with Gasteiger partial charge in [0.1, 0.15) is 0 Å². The summed E-state index contributed by atoms with van der Waals surface area (Å²) < 4.78 is 8.89. The summed E-state index contributed by atoms with van der Waals surface area (Å²) in [5.41, 5.74) is 1.98. The minimum Gasteiger partial charge on any atom is -0.466 e. The Morgan fingerprint density at radius 1 is 0.667 bits per heavy atom. The standard InChI is InChI=1S/2C10H10O2/c2*1-12-10(11)8-7-9-5-3-2-4-6-9/h2*2-8H,1H3/b2*8-7+. The lowest BCUT2D eigenvalue weighted by Gasteiger charge is -1.91. The maximum Gasteiger partial charge on any atom is 0.330 e. The first kappa shape index (κ1) is 18.9. The quantitative estimate of drug-likeness (QED) is 0.635. The van der Waals surface area contributed by atoms with Crippen LogP contribution in [0.25, 0.3) is 12.2 Å². The molecule has 4 heteroatoms. The molecule has 2 aromatic carbocycles. The van der Waals surface area contributed by atoms with E-state index in [0.29, 0.717) is 0 Å². The molecule has 0 fully saturated rings. The lowest BCUT2D eigenvalue weighted by Crippen LogP contribution is -1.92. The number of hydrogen-bond acceptors (Lipinski definition) is 4. The van der Waals surface area contributed by atoms with Crippen molar-refractivity contribution in [2.24, 2.45) is 0 Å². The molecule has 0 aliphatic heterocycles. The Bertz CT molecular complexity index is 612. The zero-order valence-electron chi connectivity index (χ0n) is 13.7. The van der Waals surface area contributed by atoms with Crippen molar-refractivity contribution in [1.82, 2.24) is 0 Å². The highest BCUT2D eigenvalue weighted by Gasteiger charge is 1.90. The number of methoxy groups -OCH3 is 2. The molecule has 0 saturated heterocycles. The number of benzene rings is 2. The summed E-state index contributed by atoms with van der Waals surface area (Å²) in [4.78, 5) is 21.4. The van der Waals surface area contributed by atoms with Gasteiger partial charge in [0, 0.05) is 12.2 Å². The molecule has 0 aliphatic rings. The number of carbonyl (C=O) groups excluding carboxylic acids is 2. The molecule has 0 heterocycles. The number of rotatable bonds is 4. The van der Waals surface area contributed by atoms with Gasteiger partial charge in [0.25, 0.3) is 0 Å². The van der Waals surface area contributed by atoms with Gasteiger partial charge in [0.05, 0.1) is 14.2 Å². The summed E-state index contributed by atoms with van der Waals surface area (Å²) in [6.45, 7) is 0. The molecule has 24 heavy (non-hydrogen) atoms. The lowest BCUT2D eigenvalue weighted by molar-refractivity contribution is -0.135. The Labute approximate surface area is 142 Å². The van der Waals surface area contributed by atoms with Crippen LogP contribution < -0.4 is 0 Å². The first-order chi connectivity index (χ1) is 11.7. The maximum absolute atomic E-state index is 10.7. The van der Waals surface area contributed by atoms with Crippen LogP contribution in [0.5, 0.6) is 0 Å². The van der Waals surface area contributed by atoms with Gasteiger partial charge in [0.2, 0.25) is 0 Å². The van der Waals surface area contributed by atoms with Crippen LogP contribution in [0.2, 0.25) is 0 Å². The normalized spacial score (nSPS) is 10.1. The molecule has 2 aromatic rings. The smallest absolute Gasteiger partial charge is 0.330 e. The molecule has 0 amide bonds. The van der Waals surface area contributed by atoms with E-state index in [1.165, 1.54) is 26.4 Å². The van der Waals surface area contributed by atoms with E-state index in [0.717, 1.165) is 11.1 Å². The Balaban J connectivity index is 0.000000240. The Morgan fingerprint density at radius 3 is 1.29 bits per heavy atom. The summed E-state index contributed by atoms with van der Waals surface area (Å²) in [5.74, 6) is -0.669. The average Bonchev–Trinajstić information content (AvgIpc) is 2.66. The second-order valence-electron chi connectivity index (χ2n) is 4.53. The van der Waals surface area contributed by atoms with Crippen LogP contribution in [0.15, 0.2) is 72.8 Å². The summed E-state index contributed by atoms with van der Waals surface area (Å²) in [6.07, 6.45) is 6.22. The van der Waals surface area contributed by atoms with E-state index >= 15 is 0 Å². The van der Waals surface area contributed by atoms with E-state index in [2.05, 4.69) is 9.47 Å². The van der Waals surface area contributed by atoms with Crippen LogP contribution >= 0.6 is 0 Å². The molecular formula is C20H20O4. The third-order valence-corrected chi connectivity index (χ3v) is 2.83. The zero-order valence-corrected chi connectivity index (χ0v) is 13.7. The molecule has 124 valence electrons. The largest absolute Gasteiger partial charge is 0.466 e. The van der Waals surface area contributed by atoms with Crippen molar-refractivity contribution in [2.75, 3.05) is 14.2 Å². The fourth-order valence-electron chi connectivity index (χ4n) is 1.59. The van der Waals surface area contributed by atoms with Gasteiger partial charge < -0.3 is 9.47 Å². The highest BCUT2D eigenvalue weighted by atomic mass is 16.5. The number of hydrogen-bond donors (Lipinski definition) is 0.